The Kier molecular flexibility index (Phi) is 5.46. The van der Waals surface area contributed by atoms with Gasteiger partial charge in [-0.2, -0.15) is 13.2 Å². The first-order chi connectivity index (χ1) is 14.8. The number of nitrogens with zero attached hydrogens (tertiary/aromatic N) is 2. The molecule has 0 unspecified atom stereocenters. The lowest BCUT2D eigenvalue weighted by Crippen LogP contribution is -2.19. The number of aromatic nitrogens is 2. The lowest BCUT2D eigenvalue weighted by molar-refractivity contribution is -0.137. The van der Waals surface area contributed by atoms with Gasteiger partial charge in [0.25, 0.3) is 5.56 Å². The summed E-state index contributed by atoms with van der Waals surface area (Å²) >= 11 is 0. The highest BCUT2D eigenvalue weighted by Crippen LogP contribution is 2.29. The van der Waals surface area contributed by atoms with Gasteiger partial charge in [-0.15, -0.1) is 0 Å². The molecule has 2 heterocycles. The van der Waals surface area contributed by atoms with Crippen molar-refractivity contribution in [3.63, 3.8) is 0 Å². The number of carbonyl (C=O) groups excluding carboxylic acids is 1. The number of halogens is 3. The van der Waals surface area contributed by atoms with Crippen LogP contribution in [0.2, 0.25) is 0 Å². The van der Waals surface area contributed by atoms with Crippen molar-refractivity contribution in [2.24, 2.45) is 0 Å². The molecule has 31 heavy (non-hydrogen) atoms. The number of hydrogen-bond donors (Lipinski definition) is 0. The van der Waals surface area contributed by atoms with Crippen molar-refractivity contribution in [2.45, 2.75) is 25.6 Å². The van der Waals surface area contributed by atoms with E-state index in [1.165, 1.54) is 16.7 Å². The van der Waals surface area contributed by atoms with E-state index in [0.717, 1.165) is 35.4 Å². The van der Waals surface area contributed by atoms with E-state index in [0.29, 0.717) is 29.8 Å². The predicted octanol–water partition coefficient (Wildman–Crippen LogP) is 4.60. The minimum absolute atomic E-state index is 0.0588. The van der Waals surface area contributed by atoms with Crippen LogP contribution < -0.4 is 10.3 Å². The van der Waals surface area contributed by atoms with Crippen LogP contribution in [0.1, 0.15) is 39.2 Å². The van der Waals surface area contributed by atoms with Crippen LogP contribution in [-0.2, 0) is 19.2 Å². The molecule has 0 atom stereocenters. The fraction of sp³-hybridized carbons (Fsp3) is 0.174. The van der Waals surface area contributed by atoms with Crippen LogP contribution in [0.5, 0.6) is 5.75 Å². The van der Waals surface area contributed by atoms with Crippen molar-refractivity contribution in [3.8, 4) is 5.75 Å². The normalized spacial score (nSPS) is 13.3. The lowest BCUT2D eigenvalue weighted by Gasteiger charge is -2.18. The molecule has 3 aromatic rings. The van der Waals surface area contributed by atoms with Gasteiger partial charge in [-0.25, -0.2) is 0 Å². The maximum absolute atomic E-state index is 12.6. The Hall–Kier alpha value is -3.68. The Bertz CT molecular complexity index is 1210. The summed E-state index contributed by atoms with van der Waals surface area (Å²) in [6, 6.07) is 10.6. The summed E-state index contributed by atoms with van der Waals surface area (Å²) in [5.41, 5.74) is 2.68. The van der Waals surface area contributed by atoms with Gasteiger partial charge >= 0.3 is 6.18 Å². The molecule has 0 saturated heterocycles. The summed E-state index contributed by atoms with van der Waals surface area (Å²) in [5, 5.41) is 0. The molecule has 4 rings (SSSR count). The Morgan fingerprint density at radius 3 is 2.61 bits per heavy atom. The summed E-state index contributed by atoms with van der Waals surface area (Å²) in [5.74, 6) is 0.301. The average Bonchev–Trinajstić information content (AvgIpc) is 2.76. The standard InChI is InChI=1S/C23H17F3N2O3/c24-23(25,26)18-4-5-19(27-12-18)14-31-21-7-8-28(22(30)11-21)20-6-3-16-9-15(13-29)1-2-17(16)10-20/h1-2,4-5,7-13H,3,6,14H2. The molecular weight excluding hydrogens is 409 g/mol. The second-order valence-corrected chi connectivity index (χ2v) is 7.11. The SMILES string of the molecule is O=Cc1ccc2c(c1)CCC(n1ccc(OCc3ccc(C(F)(F)F)cn3)cc1=O)=C2. The van der Waals surface area contributed by atoms with Crippen molar-refractivity contribution in [1.82, 2.24) is 9.55 Å². The number of rotatable bonds is 5. The first-order valence-electron chi connectivity index (χ1n) is 9.50. The number of hydrogen-bond acceptors (Lipinski definition) is 4. The zero-order valence-corrected chi connectivity index (χ0v) is 16.2. The molecule has 0 aliphatic heterocycles. The number of allylic oxidation sites excluding steroid dienone is 1. The largest absolute Gasteiger partial charge is 0.487 e. The number of benzene rings is 1. The van der Waals surface area contributed by atoms with E-state index < -0.39 is 11.7 Å². The Morgan fingerprint density at radius 1 is 1.10 bits per heavy atom. The number of ether oxygens (including phenoxy) is 1. The van der Waals surface area contributed by atoms with E-state index in [1.54, 1.807) is 18.3 Å². The fourth-order valence-corrected chi connectivity index (χ4v) is 3.38. The monoisotopic (exact) mass is 426 g/mol. The molecule has 0 spiro atoms. The van der Waals surface area contributed by atoms with Crippen molar-refractivity contribution < 1.29 is 22.7 Å². The van der Waals surface area contributed by atoms with Crippen molar-refractivity contribution >= 4 is 18.1 Å². The quantitative estimate of drug-likeness (QED) is 0.560. The molecule has 158 valence electrons. The molecule has 8 heteroatoms. The highest BCUT2D eigenvalue weighted by molar-refractivity contribution is 5.80. The fourth-order valence-electron chi connectivity index (χ4n) is 3.38. The zero-order valence-electron chi connectivity index (χ0n) is 16.2. The summed E-state index contributed by atoms with van der Waals surface area (Å²) in [6.07, 6.45) is 2.00. The van der Waals surface area contributed by atoms with Gasteiger partial charge < -0.3 is 4.74 Å². The molecule has 2 aromatic heterocycles. The number of aldehydes is 1. The first-order valence-corrected chi connectivity index (χ1v) is 9.50. The Labute approximate surface area is 175 Å². The smallest absolute Gasteiger partial charge is 0.417 e. The molecule has 0 fully saturated rings. The molecule has 1 aromatic carbocycles. The van der Waals surface area contributed by atoms with E-state index in [1.807, 2.05) is 18.2 Å². The third kappa shape index (κ3) is 4.58. The van der Waals surface area contributed by atoms with E-state index >= 15 is 0 Å². The number of aryl methyl sites for hydroxylation is 1. The van der Waals surface area contributed by atoms with E-state index in [-0.39, 0.29) is 12.2 Å². The lowest BCUT2D eigenvalue weighted by atomic mass is 9.93. The van der Waals surface area contributed by atoms with Gasteiger partial charge in [-0.05, 0) is 54.3 Å². The number of alkyl halides is 3. The van der Waals surface area contributed by atoms with Gasteiger partial charge in [-0.3, -0.25) is 19.1 Å². The Balaban J connectivity index is 1.48. The number of carbonyl (C=O) groups is 1. The molecule has 0 saturated carbocycles. The third-order valence-electron chi connectivity index (χ3n) is 5.01. The van der Waals surface area contributed by atoms with Gasteiger partial charge in [0.05, 0.1) is 11.3 Å². The van der Waals surface area contributed by atoms with Crippen LogP contribution in [0, 0.1) is 0 Å². The van der Waals surface area contributed by atoms with Gasteiger partial charge in [0, 0.05) is 29.7 Å². The van der Waals surface area contributed by atoms with Crippen LogP contribution in [0.15, 0.2) is 59.7 Å². The summed E-state index contributed by atoms with van der Waals surface area (Å²) in [6.45, 7) is -0.0588. The molecule has 0 radical (unpaired) electrons. The second kappa shape index (κ2) is 8.22. The topological polar surface area (TPSA) is 61.2 Å². The average molecular weight is 426 g/mol. The molecule has 0 bridgehead atoms. The molecule has 0 amide bonds. The van der Waals surface area contributed by atoms with Crippen molar-refractivity contribution in [1.29, 1.82) is 0 Å². The van der Waals surface area contributed by atoms with E-state index in [4.69, 9.17) is 4.74 Å². The first kappa shape index (κ1) is 20.6. The van der Waals surface area contributed by atoms with E-state index in [2.05, 4.69) is 4.98 Å². The minimum Gasteiger partial charge on any atom is -0.487 e. The van der Waals surface area contributed by atoms with Gasteiger partial charge in [-0.1, -0.05) is 12.1 Å². The summed E-state index contributed by atoms with van der Waals surface area (Å²) < 4.78 is 44.8. The summed E-state index contributed by atoms with van der Waals surface area (Å²) in [7, 11) is 0. The van der Waals surface area contributed by atoms with Crippen molar-refractivity contribution in [3.05, 3.63) is 93.2 Å². The van der Waals surface area contributed by atoms with Crippen LogP contribution >= 0.6 is 0 Å². The highest BCUT2D eigenvalue weighted by Gasteiger charge is 2.30. The molecule has 5 nitrogen and oxygen atoms in total. The minimum atomic E-state index is -4.44. The molecule has 1 aliphatic carbocycles. The Morgan fingerprint density at radius 2 is 1.94 bits per heavy atom. The van der Waals surface area contributed by atoms with Crippen LogP contribution in [-0.4, -0.2) is 15.8 Å². The van der Waals surface area contributed by atoms with E-state index in [9.17, 15) is 22.8 Å². The maximum atomic E-state index is 12.6. The van der Waals surface area contributed by atoms with Gasteiger partial charge in [0.2, 0.25) is 0 Å². The maximum Gasteiger partial charge on any atom is 0.417 e. The third-order valence-corrected chi connectivity index (χ3v) is 5.01. The van der Waals surface area contributed by atoms with Gasteiger partial charge in [0.1, 0.15) is 18.6 Å². The van der Waals surface area contributed by atoms with Crippen LogP contribution in [0.25, 0.3) is 11.8 Å². The predicted molar refractivity (Wildman–Crippen MR) is 109 cm³/mol. The zero-order chi connectivity index (χ0) is 22.0. The number of pyridine rings is 2. The molecule has 0 N–H and O–H groups in total. The molecule has 1 aliphatic rings. The molecular formula is C23H17F3N2O3. The van der Waals surface area contributed by atoms with Crippen molar-refractivity contribution in [2.75, 3.05) is 0 Å². The highest BCUT2D eigenvalue weighted by atomic mass is 19.4. The van der Waals surface area contributed by atoms with Gasteiger partial charge in [0.15, 0.2) is 0 Å². The second-order valence-electron chi connectivity index (χ2n) is 7.11. The summed E-state index contributed by atoms with van der Waals surface area (Å²) in [4.78, 5) is 27.3. The van der Waals surface area contributed by atoms with Crippen LogP contribution in [0.3, 0.4) is 0 Å². The number of fused-ring (bicyclic) bond motifs is 1. The van der Waals surface area contributed by atoms with Crippen LogP contribution in [0.4, 0.5) is 13.2 Å².